The average molecular weight is 483 g/mol. The maximum atomic E-state index is 11.7. The highest BCUT2D eigenvalue weighted by Gasteiger charge is 2.38. The van der Waals surface area contributed by atoms with Crippen LogP contribution in [0.4, 0.5) is 11.4 Å². The van der Waals surface area contributed by atoms with Gasteiger partial charge in [0, 0.05) is 61.8 Å². The van der Waals surface area contributed by atoms with Crippen LogP contribution < -0.4 is 15.0 Å². The monoisotopic (exact) mass is 482 g/mol. The van der Waals surface area contributed by atoms with Crippen LogP contribution in [0.3, 0.4) is 0 Å². The highest BCUT2D eigenvalue weighted by molar-refractivity contribution is 5.82. The lowest BCUT2D eigenvalue weighted by Gasteiger charge is -2.48. The zero-order valence-corrected chi connectivity index (χ0v) is 21.0. The number of piperidine rings is 3. The Kier molecular flexibility index (Phi) is 6.98. The molecule has 2 aromatic rings. The number of aromatic nitrogens is 2. The average Bonchev–Trinajstić information content (AvgIpc) is 3.32. The van der Waals surface area contributed by atoms with E-state index in [4.69, 9.17) is 4.74 Å². The van der Waals surface area contributed by atoms with Crippen LogP contribution >= 0.6 is 0 Å². The molecule has 3 saturated heterocycles. The number of rotatable bonds is 6. The van der Waals surface area contributed by atoms with Crippen molar-refractivity contribution in [2.75, 3.05) is 57.8 Å². The molecule has 0 saturated carbocycles. The number of anilines is 1. The minimum absolute atomic E-state index is 0.00954. The first kappa shape index (κ1) is 24.1. The van der Waals surface area contributed by atoms with Gasteiger partial charge in [-0.3, -0.25) is 14.8 Å². The molecule has 5 rings (SSSR count). The number of aryl methyl sites for hydroxylation is 1. The fourth-order valence-electron chi connectivity index (χ4n) is 6.28. The molecule has 190 valence electrons. The largest absolute Gasteiger partial charge is 0.490 e. The first-order chi connectivity index (χ1) is 17.0. The summed E-state index contributed by atoms with van der Waals surface area (Å²) in [7, 11) is 3.36. The van der Waals surface area contributed by atoms with Gasteiger partial charge in [0.25, 0.3) is 0 Å². The molecule has 0 unspecified atom stereocenters. The van der Waals surface area contributed by atoms with Crippen molar-refractivity contribution in [3.05, 3.63) is 34.6 Å². The third-order valence-electron chi connectivity index (χ3n) is 8.57. The highest BCUT2D eigenvalue weighted by atomic mass is 16.6. The SMILES string of the molecule is COc1cc(N2CCC3(CCN(CC4CCNCC4)CC3)CC2)c(-c2cnn(C)c2)cc1[N+](=O)[O-]. The number of benzene rings is 1. The van der Waals surface area contributed by atoms with Crippen LogP contribution in [0.2, 0.25) is 0 Å². The van der Waals surface area contributed by atoms with E-state index in [1.54, 1.807) is 16.9 Å². The zero-order valence-electron chi connectivity index (χ0n) is 21.0. The Morgan fingerprint density at radius 1 is 1.14 bits per heavy atom. The maximum Gasteiger partial charge on any atom is 0.311 e. The van der Waals surface area contributed by atoms with E-state index >= 15 is 0 Å². The summed E-state index contributed by atoms with van der Waals surface area (Å²) < 4.78 is 7.15. The van der Waals surface area contributed by atoms with Gasteiger partial charge in [0.05, 0.1) is 18.2 Å². The molecule has 0 amide bonds. The van der Waals surface area contributed by atoms with Crippen molar-refractivity contribution in [2.45, 2.75) is 38.5 Å². The summed E-state index contributed by atoms with van der Waals surface area (Å²) in [5.74, 6) is 1.17. The number of nitro groups is 1. The molecule has 1 aromatic heterocycles. The summed E-state index contributed by atoms with van der Waals surface area (Å²) in [6, 6.07) is 3.49. The Hall–Kier alpha value is -2.65. The molecule has 0 aliphatic carbocycles. The van der Waals surface area contributed by atoms with Gasteiger partial charge in [-0.15, -0.1) is 0 Å². The van der Waals surface area contributed by atoms with Crippen molar-refractivity contribution in [3.8, 4) is 16.9 Å². The third kappa shape index (κ3) is 5.16. The number of hydrogen-bond acceptors (Lipinski definition) is 7. The van der Waals surface area contributed by atoms with E-state index in [0.29, 0.717) is 11.2 Å². The number of ether oxygens (including phenoxy) is 1. The van der Waals surface area contributed by atoms with Gasteiger partial charge >= 0.3 is 5.69 Å². The van der Waals surface area contributed by atoms with Gasteiger partial charge in [0.1, 0.15) is 0 Å². The number of methoxy groups -OCH3 is 1. The van der Waals surface area contributed by atoms with Crippen molar-refractivity contribution in [3.63, 3.8) is 0 Å². The fraction of sp³-hybridized carbons (Fsp3) is 0.654. The predicted octanol–water partition coefficient (Wildman–Crippen LogP) is 3.69. The van der Waals surface area contributed by atoms with Gasteiger partial charge in [0.2, 0.25) is 0 Å². The Morgan fingerprint density at radius 3 is 2.43 bits per heavy atom. The minimum Gasteiger partial charge on any atom is -0.490 e. The van der Waals surface area contributed by atoms with Crippen molar-refractivity contribution < 1.29 is 9.66 Å². The lowest BCUT2D eigenvalue weighted by Crippen LogP contribution is -2.48. The van der Waals surface area contributed by atoms with Gasteiger partial charge in [-0.2, -0.15) is 5.10 Å². The molecule has 0 radical (unpaired) electrons. The molecule has 1 aromatic carbocycles. The molecular formula is C26H38N6O3. The van der Waals surface area contributed by atoms with Crippen LogP contribution in [0.1, 0.15) is 38.5 Å². The third-order valence-corrected chi connectivity index (χ3v) is 8.57. The molecule has 0 bridgehead atoms. The van der Waals surface area contributed by atoms with E-state index in [2.05, 4.69) is 20.2 Å². The van der Waals surface area contributed by atoms with Crippen LogP contribution in [0, 0.1) is 21.4 Å². The molecule has 1 N–H and O–H groups in total. The Balaban J connectivity index is 1.29. The summed E-state index contributed by atoms with van der Waals surface area (Å²) in [4.78, 5) is 16.4. The first-order valence-corrected chi connectivity index (χ1v) is 13.0. The summed E-state index contributed by atoms with van der Waals surface area (Å²) in [5.41, 5.74) is 3.15. The lowest BCUT2D eigenvalue weighted by molar-refractivity contribution is -0.385. The molecular weight excluding hydrogens is 444 g/mol. The van der Waals surface area contributed by atoms with Crippen molar-refractivity contribution in [1.82, 2.24) is 20.0 Å². The Morgan fingerprint density at radius 2 is 1.83 bits per heavy atom. The Bertz CT molecular complexity index is 1030. The predicted molar refractivity (Wildman–Crippen MR) is 137 cm³/mol. The van der Waals surface area contributed by atoms with E-state index < -0.39 is 0 Å². The first-order valence-electron chi connectivity index (χ1n) is 13.0. The zero-order chi connectivity index (χ0) is 24.4. The fourth-order valence-corrected chi connectivity index (χ4v) is 6.28. The number of nitrogens with one attached hydrogen (secondary N) is 1. The molecule has 4 heterocycles. The van der Waals surface area contributed by atoms with E-state index in [-0.39, 0.29) is 10.6 Å². The van der Waals surface area contributed by atoms with E-state index in [9.17, 15) is 10.1 Å². The molecule has 3 aliphatic heterocycles. The van der Waals surface area contributed by atoms with Crippen LogP contribution in [-0.2, 0) is 7.05 Å². The van der Waals surface area contributed by atoms with Crippen LogP contribution in [-0.4, -0.2) is 72.5 Å². The molecule has 35 heavy (non-hydrogen) atoms. The van der Waals surface area contributed by atoms with Crippen LogP contribution in [0.15, 0.2) is 24.5 Å². The molecule has 0 atom stereocenters. The normalized spacial score (nSPS) is 21.4. The molecule has 1 spiro atoms. The van der Waals surface area contributed by atoms with Gasteiger partial charge in [-0.05, 0) is 76.0 Å². The minimum atomic E-state index is -0.370. The van der Waals surface area contributed by atoms with E-state index in [1.807, 2.05) is 19.3 Å². The number of likely N-dealkylation sites (tertiary alicyclic amines) is 1. The van der Waals surface area contributed by atoms with Gasteiger partial charge in [-0.25, -0.2) is 0 Å². The molecule has 3 aliphatic rings. The lowest BCUT2D eigenvalue weighted by atomic mass is 9.71. The maximum absolute atomic E-state index is 11.7. The van der Waals surface area contributed by atoms with E-state index in [1.165, 1.54) is 78.4 Å². The van der Waals surface area contributed by atoms with Gasteiger partial charge in [0.15, 0.2) is 5.75 Å². The van der Waals surface area contributed by atoms with E-state index in [0.717, 1.165) is 35.8 Å². The van der Waals surface area contributed by atoms with Gasteiger partial charge in [-0.1, -0.05) is 0 Å². The number of nitrogens with zero attached hydrogens (tertiary/aromatic N) is 5. The second kappa shape index (κ2) is 10.1. The topological polar surface area (TPSA) is 88.7 Å². The van der Waals surface area contributed by atoms with Crippen molar-refractivity contribution in [2.24, 2.45) is 18.4 Å². The summed E-state index contributed by atoms with van der Waals surface area (Å²) in [6.45, 7) is 7.97. The van der Waals surface area contributed by atoms with Crippen molar-refractivity contribution in [1.29, 1.82) is 0 Å². The second-order valence-corrected chi connectivity index (χ2v) is 10.7. The smallest absolute Gasteiger partial charge is 0.311 e. The standard InChI is InChI=1S/C26H38N6O3/c1-29-19-21(17-28-29)22-15-24(32(33)34)25(35-2)16-23(22)31-13-7-26(8-14-31)5-11-30(12-6-26)18-20-3-9-27-10-4-20/h15-17,19-20,27H,3-14,18H2,1-2H3. The van der Waals surface area contributed by atoms with Crippen LogP contribution in [0.5, 0.6) is 5.75 Å². The van der Waals surface area contributed by atoms with Crippen LogP contribution in [0.25, 0.3) is 11.1 Å². The van der Waals surface area contributed by atoms with Gasteiger partial charge < -0.3 is 19.9 Å². The quantitative estimate of drug-likeness (QED) is 0.496. The summed E-state index contributed by atoms with van der Waals surface area (Å²) in [5, 5.41) is 19.5. The molecule has 9 heteroatoms. The van der Waals surface area contributed by atoms with Crippen molar-refractivity contribution >= 4 is 11.4 Å². The number of nitro benzene ring substituents is 1. The Labute approximate surface area is 207 Å². The highest BCUT2D eigenvalue weighted by Crippen LogP contribution is 2.46. The number of hydrogen-bond donors (Lipinski definition) is 1. The molecule has 3 fully saturated rings. The molecule has 9 nitrogen and oxygen atoms in total. The summed E-state index contributed by atoms with van der Waals surface area (Å²) in [6.07, 6.45) is 11.2. The summed E-state index contributed by atoms with van der Waals surface area (Å²) >= 11 is 0. The second-order valence-electron chi connectivity index (χ2n) is 10.7.